The summed E-state index contributed by atoms with van der Waals surface area (Å²) < 4.78 is 10.5. The first-order valence-corrected chi connectivity index (χ1v) is 8.64. The van der Waals surface area contributed by atoms with Gasteiger partial charge < -0.3 is 4.52 Å². The first kappa shape index (κ1) is 19.2. The summed E-state index contributed by atoms with van der Waals surface area (Å²) in [5.41, 5.74) is 1.94. The van der Waals surface area contributed by atoms with Crippen LogP contribution in [0.25, 0.3) is 5.69 Å². The largest absolute Gasteiger partial charge is 0.361 e. The highest BCUT2D eigenvalue weighted by Gasteiger charge is 2.17. The molecule has 0 amide bonds. The Labute approximate surface area is 161 Å². The molecule has 9 heteroatoms. The smallest absolute Gasteiger partial charge is 0.352 e. The van der Waals surface area contributed by atoms with Crippen LogP contribution in [0.15, 0.2) is 63.5 Å². The monoisotopic (exact) mass is 382 g/mol. The van der Waals surface area contributed by atoms with Crippen LogP contribution < -0.4 is 11.4 Å². The van der Waals surface area contributed by atoms with E-state index >= 15 is 0 Å². The van der Waals surface area contributed by atoms with Crippen molar-refractivity contribution in [3.8, 4) is 5.69 Å². The number of allylic oxidation sites excluding steroid dienone is 4. The number of aryl methyl sites for hydroxylation is 2. The van der Waals surface area contributed by atoms with Gasteiger partial charge in [0.05, 0.1) is 30.7 Å². The zero-order valence-corrected chi connectivity index (χ0v) is 16.1. The van der Waals surface area contributed by atoms with Gasteiger partial charge in [-0.1, -0.05) is 36.5 Å². The van der Waals surface area contributed by atoms with Gasteiger partial charge in [0, 0.05) is 18.8 Å². The minimum absolute atomic E-state index is 0.209. The molecule has 3 aromatic rings. The zero-order chi connectivity index (χ0) is 20.4. The summed E-state index contributed by atoms with van der Waals surface area (Å²) in [6.45, 7) is 11.7. The number of hydrogen-bond donors (Lipinski definition) is 0. The van der Waals surface area contributed by atoms with Crippen LogP contribution in [0.5, 0.6) is 0 Å². The molecule has 0 aliphatic rings. The SMILES string of the molecule is C=C/C=C(\C=C)Cn1c(=O)n(-c2cnn(Cc3c(C)noc3C)c2)c(=O)n1C. The number of aromatic nitrogens is 6. The third-order valence-electron chi connectivity index (χ3n) is 4.55. The lowest BCUT2D eigenvalue weighted by Gasteiger charge is -2.04. The molecule has 0 aromatic carbocycles. The van der Waals surface area contributed by atoms with E-state index in [2.05, 4.69) is 23.4 Å². The molecule has 3 heterocycles. The molecule has 0 aliphatic heterocycles. The fourth-order valence-electron chi connectivity index (χ4n) is 2.92. The number of hydrogen-bond acceptors (Lipinski definition) is 5. The van der Waals surface area contributed by atoms with Crippen LogP contribution in [0.3, 0.4) is 0 Å². The minimum Gasteiger partial charge on any atom is -0.361 e. The lowest BCUT2D eigenvalue weighted by atomic mass is 10.2. The average molecular weight is 382 g/mol. The van der Waals surface area contributed by atoms with Crippen LogP contribution in [0, 0.1) is 13.8 Å². The fraction of sp³-hybridized carbons (Fsp3) is 0.263. The summed E-state index contributed by atoms with van der Waals surface area (Å²) in [5, 5.41) is 8.19. The number of nitrogens with zero attached hydrogens (tertiary/aromatic N) is 6. The molecular formula is C19H22N6O3. The molecule has 0 fully saturated rings. The molecule has 0 aliphatic carbocycles. The maximum absolute atomic E-state index is 12.9. The lowest BCUT2D eigenvalue weighted by molar-refractivity contribution is 0.391. The molecule has 0 unspecified atom stereocenters. The van der Waals surface area contributed by atoms with Crippen LogP contribution in [0.2, 0.25) is 0 Å². The van der Waals surface area contributed by atoms with Crippen molar-refractivity contribution in [2.75, 3.05) is 0 Å². The fourth-order valence-corrected chi connectivity index (χ4v) is 2.92. The zero-order valence-electron chi connectivity index (χ0n) is 16.1. The molecule has 9 nitrogen and oxygen atoms in total. The average Bonchev–Trinajstić information content (AvgIpc) is 3.31. The van der Waals surface area contributed by atoms with E-state index in [1.165, 1.54) is 15.6 Å². The first-order chi connectivity index (χ1) is 13.4. The van der Waals surface area contributed by atoms with Crippen LogP contribution in [-0.4, -0.2) is 28.9 Å². The highest BCUT2D eigenvalue weighted by molar-refractivity contribution is 5.27. The molecule has 0 spiro atoms. The Morgan fingerprint density at radius 1 is 1.25 bits per heavy atom. The van der Waals surface area contributed by atoms with Crippen molar-refractivity contribution in [3.05, 3.63) is 87.3 Å². The van der Waals surface area contributed by atoms with Crippen molar-refractivity contribution in [3.63, 3.8) is 0 Å². The standard InChI is InChI=1S/C19H22N6O3/c1-6-8-15(7-2)10-24-19(27)25(18(26)22(24)5)16-9-20-23(11-16)12-17-13(3)21-28-14(17)4/h6-9,11H,1-2,10,12H2,3-5H3/b15-8+. The second kappa shape index (κ2) is 7.55. The molecule has 0 atom stereocenters. The Morgan fingerprint density at radius 2 is 2.00 bits per heavy atom. The summed E-state index contributed by atoms with van der Waals surface area (Å²) in [4.78, 5) is 25.5. The maximum atomic E-state index is 12.9. The molecular weight excluding hydrogens is 360 g/mol. The van der Waals surface area contributed by atoms with Gasteiger partial charge in [0.15, 0.2) is 0 Å². The molecule has 0 bridgehead atoms. The molecule has 3 rings (SSSR count). The highest BCUT2D eigenvalue weighted by atomic mass is 16.5. The first-order valence-electron chi connectivity index (χ1n) is 8.64. The third-order valence-corrected chi connectivity index (χ3v) is 4.55. The van der Waals surface area contributed by atoms with Gasteiger partial charge in [-0.05, 0) is 19.4 Å². The van der Waals surface area contributed by atoms with Crippen LogP contribution in [0.4, 0.5) is 0 Å². The van der Waals surface area contributed by atoms with E-state index in [0.29, 0.717) is 18.0 Å². The van der Waals surface area contributed by atoms with Gasteiger partial charge in [-0.3, -0.25) is 4.68 Å². The van der Waals surface area contributed by atoms with Crippen LogP contribution in [-0.2, 0) is 20.1 Å². The molecule has 3 aromatic heterocycles. The van der Waals surface area contributed by atoms with E-state index < -0.39 is 11.4 Å². The van der Waals surface area contributed by atoms with Crippen LogP contribution in [0.1, 0.15) is 17.0 Å². The summed E-state index contributed by atoms with van der Waals surface area (Å²) in [6, 6.07) is 0. The third kappa shape index (κ3) is 3.34. The lowest BCUT2D eigenvalue weighted by Crippen LogP contribution is -2.27. The van der Waals surface area contributed by atoms with Crippen molar-refractivity contribution in [2.24, 2.45) is 7.05 Å². The van der Waals surface area contributed by atoms with Crippen molar-refractivity contribution in [2.45, 2.75) is 26.9 Å². The van der Waals surface area contributed by atoms with E-state index in [-0.39, 0.29) is 6.54 Å². The minimum atomic E-state index is -0.457. The Bertz CT molecular complexity index is 1160. The van der Waals surface area contributed by atoms with E-state index in [9.17, 15) is 9.59 Å². The van der Waals surface area contributed by atoms with Gasteiger partial charge in [-0.2, -0.15) is 5.10 Å². The molecule has 0 saturated carbocycles. The van der Waals surface area contributed by atoms with Crippen molar-refractivity contribution in [1.82, 2.24) is 28.9 Å². The van der Waals surface area contributed by atoms with E-state index in [1.807, 2.05) is 13.8 Å². The summed E-state index contributed by atoms with van der Waals surface area (Å²) in [5.74, 6) is 0.708. The molecule has 0 N–H and O–H groups in total. The summed E-state index contributed by atoms with van der Waals surface area (Å²) in [6.07, 6.45) is 8.10. The maximum Gasteiger partial charge on any atom is 0.352 e. The van der Waals surface area contributed by atoms with Crippen LogP contribution >= 0.6 is 0 Å². The molecule has 146 valence electrons. The summed E-state index contributed by atoms with van der Waals surface area (Å²) in [7, 11) is 1.54. The predicted molar refractivity (Wildman–Crippen MR) is 105 cm³/mol. The molecule has 0 saturated heterocycles. The van der Waals surface area contributed by atoms with E-state index in [4.69, 9.17) is 4.52 Å². The number of rotatable bonds is 7. The van der Waals surface area contributed by atoms with Gasteiger partial charge in [0.25, 0.3) is 0 Å². The van der Waals surface area contributed by atoms with Gasteiger partial charge in [0.1, 0.15) is 5.76 Å². The second-order valence-corrected chi connectivity index (χ2v) is 6.36. The topological polar surface area (TPSA) is 92.8 Å². The normalized spacial score (nSPS) is 11.8. The van der Waals surface area contributed by atoms with Crippen molar-refractivity contribution < 1.29 is 4.52 Å². The predicted octanol–water partition coefficient (Wildman–Crippen LogP) is 1.49. The highest BCUT2D eigenvalue weighted by Crippen LogP contribution is 2.14. The quantitative estimate of drug-likeness (QED) is 0.577. The van der Waals surface area contributed by atoms with Gasteiger partial charge in [-0.15, -0.1) is 0 Å². The van der Waals surface area contributed by atoms with E-state index in [1.54, 1.807) is 36.2 Å². The van der Waals surface area contributed by atoms with Crippen molar-refractivity contribution >= 4 is 0 Å². The Kier molecular flexibility index (Phi) is 5.16. The molecule has 28 heavy (non-hydrogen) atoms. The van der Waals surface area contributed by atoms with E-state index in [0.717, 1.165) is 21.4 Å². The Hall–Kier alpha value is -3.62. The Morgan fingerprint density at radius 3 is 2.61 bits per heavy atom. The van der Waals surface area contributed by atoms with Crippen molar-refractivity contribution in [1.29, 1.82) is 0 Å². The second-order valence-electron chi connectivity index (χ2n) is 6.36. The van der Waals surface area contributed by atoms with Gasteiger partial charge in [0.2, 0.25) is 0 Å². The summed E-state index contributed by atoms with van der Waals surface area (Å²) >= 11 is 0. The Balaban J connectivity index is 1.98. The van der Waals surface area contributed by atoms with Gasteiger partial charge >= 0.3 is 11.4 Å². The van der Waals surface area contributed by atoms with Gasteiger partial charge in [-0.25, -0.2) is 23.5 Å². The molecule has 0 radical (unpaired) electrons.